The lowest BCUT2D eigenvalue weighted by molar-refractivity contribution is -0.157. The number of carbonyl (C=O) groups is 2. The lowest BCUT2D eigenvalue weighted by Gasteiger charge is -2.30. The van der Waals surface area contributed by atoms with Crippen molar-refractivity contribution in [2.75, 3.05) is 19.6 Å². The predicted octanol–water partition coefficient (Wildman–Crippen LogP) is -0.705. The monoisotopic (exact) mass is 259 g/mol. The third-order valence-electron chi connectivity index (χ3n) is 3.31. The van der Waals surface area contributed by atoms with Crippen LogP contribution >= 0.6 is 0 Å². The van der Waals surface area contributed by atoms with Gasteiger partial charge in [-0.15, -0.1) is 0 Å². The van der Waals surface area contributed by atoms with Crippen molar-refractivity contribution >= 4 is 12.0 Å². The van der Waals surface area contributed by atoms with Gasteiger partial charge in [0.15, 0.2) is 5.60 Å². The molecule has 7 heteroatoms. The molecule has 0 aliphatic carbocycles. The molecule has 18 heavy (non-hydrogen) atoms. The van der Waals surface area contributed by atoms with Crippen molar-refractivity contribution in [1.82, 2.24) is 9.80 Å². The van der Waals surface area contributed by atoms with Crippen LogP contribution in [0.5, 0.6) is 0 Å². The summed E-state index contributed by atoms with van der Waals surface area (Å²) in [6.45, 7) is 5.89. The summed E-state index contributed by atoms with van der Waals surface area (Å²) < 4.78 is 0. The van der Waals surface area contributed by atoms with E-state index in [0.717, 1.165) is 0 Å². The molecule has 104 valence electrons. The van der Waals surface area contributed by atoms with Crippen molar-refractivity contribution in [2.45, 2.75) is 38.5 Å². The summed E-state index contributed by atoms with van der Waals surface area (Å²) in [5.41, 5.74) is 3.57. The standard InChI is InChI=1S/C11H21N3O4/c1-4-14(7(2)3)10(17)13-5-8(12)11(18,6-13)9(15)16/h7-8,18H,4-6,12H2,1-3H3,(H,15,16)/t8-,11-/m0/s1. The number of hydrogen-bond acceptors (Lipinski definition) is 4. The van der Waals surface area contributed by atoms with Crippen molar-refractivity contribution < 1.29 is 19.8 Å². The van der Waals surface area contributed by atoms with E-state index >= 15 is 0 Å². The number of carboxylic acid groups (broad SMARTS) is 1. The third-order valence-corrected chi connectivity index (χ3v) is 3.31. The molecule has 0 spiro atoms. The quantitative estimate of drug-likeness (QED) is 0.621. The average Bonchev–Trinajstić information content (AvgIpc) is 2.57. The molecule has 0 saturated carbocycles. The van der Waals surface area contributed by atoms with Crippen LogP contribution < -0.4 is 5.73 Å². The summed E-state index contributed by atoms with van der Waals surface area (Å²) in [6, 6.07) is -1.25. The lowest BCUT2D eigenvalue weighted by atomic mass is 9.99. The second-order valence-corrected chi connectivity index (χ2v) is 4.88. The minimum absolute atomic E-state index is 0.0113. The fraction of sp³-hybridized carbons (Fsp3) is 0.818. The molecule has 2 amide bonds. The Kier molecular flexibility index (Phi) is 4.18. The molecule has 0 aromatic carbocycles. The molecule has 0 radical (unpaired) electrons. The predicted molar refractivity (Wildman–Crippen MR) is 65.0 cm³/mol. The van der Waals surface area contributed by atoms with Crippen molar-refractivity contribution in [3.05, 3.63) is 0 Å². The Morgan fingerprint density at radius 2 is 2.11 bits per heavy atom. The molecule has 1 aliphatic rings. The molecular formula is C11H21N3O4. The van der Waals surface area contributed by atoms with Crippen molar-refractivity contribution in [3.63, 3.8) is 0 Å². The van der Waals surface area contributed by atoms with E-state index in [4.69, 9.17) is 10.8 Å². The zero-order valence-electron chi connectivity index (χ0n) is 11.0. The second-order valence-electron chi connectivity index (χ2n) is 4.88. The zero-order valence-corrected chi connectivity index (χ0v) is 11.0. The number of rotatable bonds is 3. The summed E-state index contributed by atoms with van der Waals surface area (Å²) in [7, 11) is 0. The minimum Gasteiger partial charge on any atom is -0.479 e. The van der Waals surface area contributed by atoms with Crippen LogP contribution in [-0.2, 0) is 4.79 Å². The highest BCUT2D eigenvalue weighted by Crippen LogP contribution is 2.22. The molecule has 7 nitrogen and oxygen atoms in total. The normalized spacial score (nSPS) is 27.7. The van der Waals surface area contributed by atoms with Gasteiger partial charge in [0.1, 0.15) is 0 Å². The summed E-state index contributed by atoms with van der Waals surface area (Å²) in [4.78, 5) is 26.1. The SMILES string of the molecule is CCN(C(=O)N1C[C@H](N)[C@](O)(C(=O)O)C1)C(C)C. The first-order chi connectivity index (χ1) is 8.24. The molecule has 0 bridgehead atoms. The number of aliphatic hydroxyl groups is 1. The number of nitrogens with zero attached hydrogens (tertiary/aromatic N) is 2. The fourth-order valence-electron chi connectivity index (χ4n) is 2.14. The smallest absolute Gasteiger partial charge is 0.339 e. The number of nitrogens with two attached hydrogens (primary N) is 1. The first kappa shape index (κ1) is 14.7. The van der Waals surface area contributed by atoms with Gasteiger partial charge in [0.25, 0.3) is 0 Å². The molecule has 0 unspecified atom stereocenters. The van der Waals surface area contributed by atoms with Crippen LogP contribution in [0, 0.1) is 0 Å². The molecule has 1 fully saturated rings. The maximum absolute atomic E-state index is 12.2. The molecule has 1 rings (SSSR count). The lowest BCUT2D eigenvalue weighted by Crippen LogP contribution is -2.53. The van der Waals surface area contributed by atoms with Crippen molar-refractivity contribution in [2.24, 2.45) is 5.73 Å². The number of urea groups is 1. The van der Waals surface area contributed by atoms with Gasteiger partial charge in [0.05, 0.1) is 12.6 Å². The third kappa shape index (κ3) is 2.41. The Hall–Kier alpha value is -1.34. The number of aliphatic carboxylic acids is 1. The van der Waals surface area contributed by atoms with Crippen LogP contribution in [0.2, 0.25) is 0 Å². The van der Waals surface area contributed by atoms with Gasteiger partial charge >= 0.3 is 12.0 Å². The molecule has 1 heterocycles. The van der Waals surface area contributed by atoms with E-state index < -0.39 is 17.6 Å². The van der Waals surface area contributed by atoms with Crippen LogP contribution in [0.15, 0.2) is 0 Å². The van der Waals surface area contributed by atoms with Crippen LogP contribution in [0.3, 0.4) is 0 Å². The second kappa shape index (κ2) is 5.11. The van der Waals surface area contributed by atoms with E-state index in [0.29, 0.717) is 6.54 Å². The first-order valence-electron chi connectivity index (χ1n) is 6.01. The molecule has 1 aliphatic heterocycles. The highest BCUT2D eigenvalue weighted by atomic mass is 16.4. The number of β-amino-alcohol motifs (C(OH)–C–C–N with tert-alkyl or cyclic N) is 1. The van der Waals surface area contributed by atoms with Crippen LogP contribution in [0.25, 0.3) is 0 Å². The highest BCUT2D eigenvalue weighted by Gasteiger charge is 2.51. The Bertz CT molecular complexity index is 347. The summed E-state index contributed by atoms with van der Waals surface area (Å²) in [6.07, 6.45) is 0. The summed E-state index contributed by atoms with van der Waals surface area (Å²) in [5, 5.41) is 18.9. The van der Waals surface area contributed by atoms with Crippen LogP contribution in [0.4, 0.5) is 4.79 Å². The Labute approximate surface area is 106 Å². The van der Waals surface area contributed by atoms with Crippen molar-refractivity contribution in [3.8, 4) is 0 Å². The highest BCUT2D eigenvalue weighted by molar-refractivity contribution is 5.82. The van der Waals surface area contributed by atoms with E-state index in [1.54, 1.807) is 4.90 Å². The molecule has 2 atom stereocenters. The topological polar surface area (TPSA) is 107 Å². The van der Waals surface area contributed by atoms with Gasteiger partial charge in [-0.3, -0.25) is 0 Å². The largest absolute Gasteiger partial charge is 0.479 e. The number of amides is 2. The Morgan fingerprint density at radius 1 is 1.56 bits per heavy atom. The molecule has 4 N–H and O–H groups in total. The first-order valence-corrected chi connectivity index (χ1v) is 6.01. The van der Waals surface area contributed by atoms with Gasteiger partial charge in [0, 0.05) is 19.1 Å². The van der Waals surface area contributed by atoms with Gasteiger partial charge in [-0.05, 0) is 20.8 Å². The molecule has 0 aromatic rings. The maximum atomic E-state index is 12.2. The van der Waals surface area contributed by atoms with Gasteiger partial charge < -0.3 is 25.7 Å². The maximum Gasteiger partial charge on any atom is 0.339 e. The van der Waals surface area contributed by atoms with E-state index in [1.807, 2.05) is 20.8 Å². The van der Waals surface area contributed by atoms with Crippen LogP contribution in [-0.4, -0.2) is 69.3 Å². The number of hydrogen-bond donors (Lipinski definition) is 3. The summed E-state index contributed by atoms with van der Waals surface area (Å²) >= 11 is 0. The molecule has 1 saturated heterocycles. The van der Waals surface area contributed by atoms with E-state index in [-0.39, 0.29) is 25.2 Å². The Balaban J connectivity index is 2.83. The molecular weight excluding hydrogens is 238 g/mol. The van der Waals surface area contributed by atoms with E-state index in [1.165, 1.54) is 4.90 Å². The van der Waals surface area contributed by atoms with Gasteiger partial charge in [0.2, 0.25) is 0 Å². The van der Waals surface area contributed by atoms with Gasteiger partial charge in [-0.25, -0.2) is 9.59 Å². The minimum atomic E-state index is -2.05. The van der Waals surface area contributed by atoms with E-state index in [2.05, 4.69) is 0 Å². The average molecular weight is 259 g/mol. The number of carboxylic acids is 1. The number of likely N-dealkylation sites (tertiary alicyclic amines) is 1. The van der Waals surface area contributed by atoms with Crippen LogP contribution in [0.1, 0.15) is 20.8 Å². The molecule has 0 aromatic heterocycles. The van der Waals surface area contributed by atoms with Gasteiger partial charge in [-0.2, -0.15) is 0 Å². The summed E-state index contributed by atoms with van der Waals surface area (Å²) in [5.74, 6) is -1.39. The Morgan fingerprint density at radius 3 is 2.44 bits per heavy atom. The zero-order chi connectivity index (χ0) is 14.1. The van der Waals surface area contributed by atoms with E-state index in [9.17, 15) is 14.7 Å². The fourth-order valence-corrected chi connectivity index (χ4v) is 2.14. The number of carbonyl (C=O) groups excluding carboxylic acids is 1. The van der Waals surface area contributed by atoms with Crippen molar-refractivity contribution in [1.29, 1.82) is 0 Å². The van der Waals surface area contributed by atoms with Gasteiger partial charge in [-0.1, -0.05) is 0 Å².